The summed E-state index contributed by atoms with van der Waals surface area (Å²) in [5.74, 6) is 3.52. The van der Waals surface area contributed by atoms with Crippen molar-refractivity contribution in [1.29, 1.82) is 0 Å². The summed E-state index contributed by atoms with van der Waals surface area (Å²) in [6, 6.07) is 86.3. The molecule has 0 unspecified atom stereocenters. The van der Waals surface area contributed by atoms with E-state index in [-0.39, 0.29) is 0 Å². The first-order chi connectivity index (χ1) is 37.2. The van der Waals surface area contributed by atoms with E-state index in [2.05, 4.69) is 184 Å². The molecule has 9 heteroatoms. The third kappa shape index (κ3) is 6.94. The molecule has 0 fully saturated rings. The molecule has 0 N–H and O–H groups in total. The Bertz CT molecular complexity index is 4640. The number of hydrogen-bond donors (Lipinski definition) is 0. The molecule has 15 rings (SSSR count). The standard InChI is InChI=1S/C66H41N9/c1-5-20-42(21-6-1)61-67-64(70-65(68-61)46-36-38-57-53(41-46)50-31-14-16-33-54(50)73(57)47-27-11-4-12-28-47)45-26-19-29-48(40-45)74-56-35-18-15-32-52(56)59-58(74)39-37-51-49-30-13-17-34-55(49)75(60(51)59)66-71-62(43-22-7-2-8-23-43)69-63(72-66)44-24-9-3-10-25-44/h1-41H. The Morgan fingerprint density at radius 1 is 0.227 bits per heavy atom. The van der Waals surface area contributed by atoms with Gasteiger partial charge >= 0.3 is 0 Å². The Labute approximate surface area is 430 Å². The summed E-state index contributed by atoms with van der Waals surface area (Å²) >= 11 is 0. The van der Waals surface area contributed by atoms with Crippen LogP contribution in [0.1, 0.15) is 0 Å². The second-order valence-electron chi connectivity index (χ2n) is 18.7. The lowest BCUT2D eigenvalue weighted by Crippen LogP contribution is -2.06. The predicted octanol–water partition coefficient (Wildman–Crippen LogP) is 15.7. The molecular weight excluding hydrogens is 919 g/mol. The summed E-state index contributed by atoms with van der Waals surface area (Å²) in [6.45, 7) is 0. The minimum atomic E-state index is 0.543. The molecule has 0 aliphatic rings. The van der Waals surface area contributed by atoms with Crippen LogP contribution in [0.5, 0.6) is 0 Å². The first kappa shape index (κ1) is 42.3. The average Bonchev–Trinajstić information content (AvgIpc) is 4.21. The van der Waals surface area contributed by atoms with Gasteiger partial charge in [-0.2, -0.15) is 9.97 Å². The Morgan fingerprint density at radius 3 is 1.23 bits per heavy atom. The Morgan fingerprint density at radius 2 is 0.627 bits per heavy atom. The lowest BCUT2D eigenvalue weighted by Gasteiger charge is -2.12. The molecule has 350 valence electrons. The number of rotatable bonds is 8. The van der Waals surface area contributed by atoms with E-state index in [0.29, 0.717) is 35.1 Å². The molecule has 0 saturated heterocycles. The largest absolute Gasteiger partial charge is 0.309 e. The van der Waals surface area contributed by atoms with Gasteiger partial charge in [0.2, 0.25) is 5.95 Å². The van der Waals surface area contributed by atoms with Crippen LogP contribution in [0.25, 0.3) is 140 Å². The van der Waals surface area contributed by atoms with Gasteiger partial charge in [0, 0.05) is 71.5 Å². The first-order valence-electron chi connectivity index (χ1n) is 25.0. The number of hydrogen-bond acceptors (Lipinski definition) is 6. The quantitative estimate of drug-likeness (QED) is 0.151. The lowest BCUT2D eigenvalue weighted by atomic mass is 10.1. The minimum absolute atomic E-state index is 0.543. The van der Waals surface area contributed by atoms with Crippen LogP contribution in [-0.4, -0.2) is 43.6 Å². The van der Waals surface area contributed by atoms with Crippen molar-refractivity contribution in [3.8, 4) is 74.3 Å². The number of fused-ring (bicyclic) bond motifs is 10. The van der Waals surface area contributed by atoms with Crippen molar-refractivity contribution in [3.05, 3.63) is 249 Å². The predicted molar refractivity (Wildman–Crippen MR) is 303 cm³/mol. The Hall–Kier alpha value is -10.4. The monoisotopic (exact) mass is 959 g/mol. The summed E-state index contributed by atoms with van der Waals surface area (Å²) in [5.41, 5.74) is 13.0. The van der Waals surface area contributed by atoms with E-state index in [4.69, 9.17) is 29.9 Å². The third-order valence-corrected chi connectivity index (χ3v) is 14.3. The van der Waals surface area contributed by atoms with Gasteiger partial charge in [-0.25, -0.2) is 19.9 Å². The van der Waals surface area contributed by atoms with E-state index in [1.54, 1.807) is 0 Å². The molecule has 0 aliphatic heterocycles. The second kappa shape index (κ2) is 17.1. The van der Waals surface area contributed by atoms with Gasteiger partial charge in [-0.1, -0.05) is 182 Å². The highest BCUT2D eigenvalue weighted by molar-refractivity contribution is 6.26. The van der Waals surface area contributed by atoms with E-state index in [9.17, 15) is 0 Å². The molecule has 10 aromatic carbocycles. The summed E-state index contributed by atoms with van der Waals surface area (Å²) < 4.78 is 6.91. The van der Waals surface area contributed by atoms with Crippen LogP contribution in [0.15, 0.2) is 249 Å². The maximum atomic E-state index is 5.31. The van der Waals surface area contributed by atoms with Crippen LogP contribution in [-0.2, 0) is 0 Å². The van der Waals surface area contributed by atoms with Crippen LogP contribution in [0.4, 0.5) is 0 Å². The van der Waals surface area contributed by atoms with Crippen LogP contribution >= 0.6 is 0 Å². The number of nitrogens with zero attached hydrogens (tertiary/aromatic N) is 9. The first-order valence-corrected chi connectivity index (χ1v) is 25.0. The van der Waals surface area contributed by atoms with Crippen molar-refractivity contribution in [3.63, 3.8) is 0 Å². The van der Waals surface area contributed by atoms with Crippen molar-refractivity contribution in [2.24, 2.45) is 0 Å². The van der Waals surface area contributed by atoms with Crippen molar-refractivity contribution in [2.75, 3.05) is 0 Å². The van der Waals surface area contributed by atoms with Crippen molar-refractivity contribution >= 4 is 65.4 Å². The fourth-order valence-corrected chi connectivity index (χ4v) is 11.0. The molecule has 15 aromatic rings. The zero-order chi connectivity index (χ0) is 49.4. The molecule has 0 spiro atoms. The van der Waals surface area contributed by atoms with Crippen LogP contribution in [0.3, 0.4) is 0 Å². The molecule has 5 heterocycles. The van der Waals surface area contributed by atoms with Gasteiger partial charge in [-0.05, 0) is 66.7 Å². The van der Waals surface area contributed by atoms with E-state index in [0.717, 1.165) is 105 Å². The van der Waals surface area contributed by atoms with Gasteiger partial charge in [-0.3, -0.25) is 4.57 Å². The van der Waals surface area contributed by atoms with Crippen molar-refractivity contribution in [2.45, 2.75) is 0 Å². The highest BCUT2D eigenvalue weighted by Crippen LogP contribution is 2.43. The van der Waals surface area contributed by atoms with E-state index < -0.39 is 0 Å². The SMILES string of the molecule is c1ccc(-c2nc(-c3cccc(-n4c5ccccc5c5c4ccc4c6ccccc6n(-c6nc(-c7ccccc7)nc(-c7ccccc7)n6)c45)c3)nc(-c3ccc4c(c3)c3ccccc3n4-c3ccccc3)n2)cc1. The summed E-state index contributed by atoms with van der Waals surface area (Å²) in [5, 5.41) is 6.69. The smallest absolute Gasteiger partial charge is 0.238 e. The Balaban J connectivity index is 0.931. The van der Waals surface area contributed by atoms with E-state index in [1.165, 1.54) is 0 Å². The van der Waals surface area contributed by atoms with Gasteiger partial charge in [0.05, 0.1) is 33.1 Å². The van der Waals surface area contributed by atoms with Gasteiger partial charge < -0.3 is 9.13 Å². The van der Waals surface area contributed by atoms with Gasteiger partial charge in [0.15, 0.2) is 29.1 Å². The number of para-hydroxylation sites is 4. The minimum Gasteiger partial charge on any atom is -0.309 e. The van der Waals surface area contributed by atoms with Gasteiger partial charge in [-0.15, -0.1) is 0 Å². The molecule has 0 amide bonds. The van der Waals surface area contributed by atoms with Crippen molar-refractivity contribution in [1.82, 2.24) is 43.6 Å². The maximum Gasteiger partial charge on any atom is 0.238 e. The molecule has 0 radical (unpaired) electrons. The molecule has 0 bridgehead atoms. The van der Waals surface area contributed by atoms with Crippen molar-refractivity contribution < 1.29 is 0 Å². The molecule has 9 nitrogen and oxygen atoms in total. The van der Waals surface area contributed by atoms with Gasteiger partial charge in [0.25, 0.3) is 0 Å². The lowest BCUT2D eigenvalue weighted by molar-refractivity contribution is 0.955. The average molecular weight is 960 g/mol. The molecule has 0 atom stereocenters. The van der Waals surface area contributed by atoms with Gasteiger partial charge in [0.1, 0.15) is 0 Å². The molecule has 0 saturated carbocycles. The topological polar surface area (TPSA) is 92.1 Å². The third-order valence-electron chi connectivity index (χ3n) is 14.3. The highest BCUT2D eigenvalue weighted by Gasteiger charge is 2.24. The normalized spacial score (nSPS) is 11.7. The summed E-state index contributed by atoms with van der Waals surface area (Å²) in [6.07, 6.45) is 0. The van der Waals surface area contributed by atoms with Crippen LogP contribution < -0.4 is 0 Å². The van der Waals surface area contributed by atoms with Crippen LogP contribution in [0, 0.1) is 0 Å². The zero-order valence-electron chi connectivity index (χ0n) is 40.2. The van der Waals surface area contributed by atoms with Crippen LogP contribution in [0.2, 0.25) is 0 Å². The second-order valence-corrected chi connectivity index (χ2v) is 18.7. The Kier molecular flexibility index (Phi) is 9.67. The zero-order valence-corrected chi connectivity index (χ0v) is 40.2. The van der Waals surface area contributed by atoms with E-state index >= 15 is 0 Å². The maximum absolute atomic E-state index is 5.31. The summed E-state index contributed by atoms with van der Waals surface area (Å²) in [4.78, 5) is 31.3. The summed E-state index contributed by atoms with van der Waals surface area (Å²) in [7, 11) is 0. The number of benzene rings is 10. The molecule has 0 aliphatic carbocycles. The molecular formula is C66H41N9. The highest BCUT2D eigenvalue weighted by atomic mass is 15.2. The fourth-order valence-electron chi connectivity index (χ4n) is 11.0. The number of aromatic nitrogens is 9. The fraction of sp³-hybridized carbons (Fsp3) is 0. The molecule has 5 aromatic heterocycles. The van der Waals surface area contributed by atoms with E-state index in [1.807, 2.05) is 78.9 Å². The molecule has 75 heavy (non-hydrogen) atoms.